The number of nitro groups is 1. The molecule has 2 N–H and O–H groups in total. The number of allylic oxidation sites excluding steroid dienone is 3. The normalized spacial score (nSPS) is 20.3. The summed E-state index contributed by atoms with van der Waals surface area (Å²) in [6.45, 7) is 3.97. The van der Waals surface area contributed by atoms with E-state index in [9.17, 15) is 20.2 Å². The maximum absolute atomic E-state index is 13.4. The summed E-state index contributed by atoms with van der Waals surface area (Å²) in [5.41, 5.74) is 7.63. The molecule has 1 aliphatic carbocycles. The topological polar surface area (TPSA) is 113 Å². The lowest BCUT2D eigenvalue weighted by Gasteiger charge is -2.43. The Hall–Kier alpha value is -2.67. The lowest BCUT2D eigenvalue weighted by molar-refractivity contribution is -0.384. The minimum atomic E-state index is -0.594. The molecule has 164 valence electrons. The molecule has 1 atom stereocenters. The van der Waals surface area contributed by atoms with Gasteiger partial charge < -0.3 is 5.73 Å². The Kier molecular flexibility index (Phi) is 5.65. The van der Waals surface area contributed by atoms with Crippen LogP contribution in [0, 0.1) is 26.9 Å². The highest BCUT2D eigenvalue weighted by atomic mass is 79.9. The fraction of sp³-hybridized carbons (Fsp3) is 0.273. The molecular formula is C22H18BrClN4O3S. The summed E-state index contributed by atoms with van der Waals surface area (Å²) in [6.07, 6.45) is 0.819. The number of ketones is 1. The maximum atomic E-state index is 13.4. The largest absolute Gasteiger partial charge is 0.384 e. The fourth-order valence-electron chi connectivity index (χ4n) is 4.33. The van der Waals surface area contributed by atoms with E-state index in [4.69, 9.17) is 17.3 Å². The second-order valence-corrected chi connectivity index (χ2v) is 10.8. The van der Waals surface area contributed by atoms with Crippen LogP contribution >= 0.6 is 38.9 Å². The summed E-state index contributed by atoms with van der Waals surface area (Å²) in [6, 6.07) is 8.12. The number of nitrogens with two attached hydrogens (primary N) is 1. The Labute approximate surface area is 202 Å². The highest BCUT2D eigenvalue weighted by molar-refractivity contribution is 9.10. The summed E-state index contributed by atoms with van der Waals surface area (Å²) >= 11 is 11.3. The minimum Gasteiger partial charge on any atom is -0.384 e. The van der Waals surface area contributed by atoms with Gasteiger partial charge in [-0.05, 0) is 39.9 Å². The van der Waals surface area contributed by atoms with Crippen molar-refractivity contribution < 1.29 is 9.72 Å². The molecule has 7 nitrogen and oxygen atoms in total. The zero-order chi connectivity index (χ0) is 23.4. The van der Waals surface area contributed by atoms with E-state index in [2.05, 4.69) is 22.0 Å². The number of anilines is 1. The van der Waals surface area contributed by atoms with Crippen molar-refractivity contribution in [3.05, 3.63) is 76.8 Å². The number of thiophene rings is 1. The average Bonchev–Trinajstić information content (AvgIpc) is 3.13. The van der Waals surface area contributed by atoms with Gasteiger partial charge in [0, 0.05) is 44.6 Å². The van der Waals surface area contributed by atoms with Gasteiger partial charge in [-0.1, -0.05) is 25.4 Å². The molecule has 1 aromatic carbocycles. The van der Waals surface area contributed by atoms with Crippen molar-refractivity contribution in [1.82, 2.24) is 0 Å². The fourth-order valence-corrected chi connectivity index (χ4v) is 6.10. The molecule has 1 aliphatic heterocycles. The van der Waals surface area contributed by atoms with Gasteiger partial charge in [-0.2, -0.15) is 5.26 Å². The van der Waals surface area contributed by atoms with E-state index in [0.29, 0.717) is 24.1 Å². The molecule has 1 aromatic heterocycles. The van der Waals surface area contributed by atoms with E-state index in [1.165, 1.54) is 29.5 Å². The van der Waals surface area contributed by atoms with Crippen LogP contribution in [-0.2, 0) is 4.79 Å². The molecular weight excluding hydrogens is 516 g/mol. The first kappa shape index (κ1) is 22.5. The predicted octanol–water partition coefficient (Wildman–Crippen LogP) is 6.01. The molecule has 4 rings (SSSR count). The van der Waals surface area contributed by atoms with E-state index in [0.717, 1.165) is 9.35 Å². The molecule has 0 saturated heterocycles. The maximum Gasteiger partial charge on any atom is 0.271 e. The number of nitro benzene ring substituents is 1. The summed E-state index contributed by atoms with van der Waals surface area (Å²) in [4.78, 5) is 26.7. The van der Waals surface area contributed by atoms with Crippen LogP contribution in [-0.4, -0.2) is 10.7 Å². The van der Waals surface area contributed by atoms with E-state index in [1.807, 2.05) is 25.3 Å². The van der Waals surface area contributed by atoms with E-state index in [1.54, 1.807) is 4.90 Å². The summed E-state index contributed by atoms with van der Waals surface area (Å²) < 4.78 is 0.850. The van der Waals surface area contributed by atoms with Crippen LogP contribution in [0.5, 0.6) is 0 Å². The summed E-state index contributed by atoms with van der Waals surface area (Å²) in [5.74, 6) is -0.546. The number of Topliss-reactive ketones (excluding diaryl/α,β-unsaturated/α-hetero) is 1. The van der Waals surface area contributed by atoms with Crippen molar-refractivity contribution in [2.45, 2.75) is 32.6 Å². The lowest BCUT2D eigenvalue weighted by Crippen LogP contribution is -2.42. The first-order chi connectivity index (χ1) is 15.0. The zero-order valence-electron chi connectivity index (χ0n) is 17.2. The summed E-state index contributed by atoms with van der Waals surface area (Å²) in [7, 11) is 0. The standard InChI is InChI=1S/C22H18BrClN4O3S/c1-22(2)7-16-20(17(29)8-22)19(18-5-11(23)10-32-18)13(9-25)21(26)27(16)15-6-12(28(30)31)3-4-14(15)24/h3-6,10,19H,7-8,26H2,1-2H3. The molecule has 0 amide bonds. The molecule has 0 fully saturated rings. The van der Waals surface area contributed by atoms with Crippen molar-refractivity contribution >= 4 is 56.0 Å². The van der Waals surface area contributed by atoms with E-state index < -0.39 is 10.8 Å². The van der Waals surface area contributed by atoms with Crippen molar-refractivity contribution in [2.75, 3.05) is 4.90 Å². The number of non-ortho nitro benzene ring substituents is 1. The molecule has 0 saturated carbocycles. The van der Waals surface area contributed by atoms with Crippen molar-refractivity contribution in [2.24, 2.45) is 11.1 Å². The number of halogens is 2. The van der Waals surface area contributed by atoms with Crippen LogP contribution < -0.4 is 10.6 Å². The number of carbonyl (C=O) groups is 1. The molecule has 2 heterocycles. The van der Waals surface area contributed by atoms with Gasteiger partial charge in [0.1, 0.15) is 5.82 Å². The van der Waals surface area contributed by atoms with Crippen LogP contribution in [0.1, 0.15) is 37.5 Å². The third-order valence-corrected chi connectivity index (χ3v) is 7.71. The third kappa shape index (κ3) is 3.72. The number of nitriles is 1. The number of hydrogen-bond acceptors (Lipinski definition) is 7. The first-order valence-electron chi connectivity index (χ1n) is 9.68. The Bertz CT molecular complexity index is 1270. The Morgan fingerprint density at radius 2 is 2.09 bits per heavy atom. The van der Waals surface area contributed by atoms with Gasteiger partial charge in [0.05, 0.1) is 33.2 Å². The number of hydrogen-bond donors (Lipinski definition) is 1. The molecule has 0 bridgehead atoms. The van der Waals surface area contributed by atoms with Gasteiger partial charge in [-0.25, -0.2) is 0 Å². The average molecular weight is 534 g/mol. The van der Waals surface area contributed by atoms with Gasteiger partial charge in [0.15, 0.2) is 5.78 Å². The molecule has 32 heavy (non-hydrogen) atoms. The van der Waals surface area contributed by atoms with Crippen LogP contribution in [0.4, 0.5) is 11.4 Å². The monoisotopic (exact) mass is 532 g/mol. The number of benzene rings is 1. The molecule has 0 radical (unpaired) electrons. The van der Waals surface area contributed by atoms with Crippen LogP contribution in [0.15, 0.2) is 56.8 Å². The minimum absolute atomic E-state index is 0.0717. The zero-order valence-corrected chi connectivity index (χ0v) is 20.3. The molecule has 0 spiro atoms. The van der Waals surface area contributed by atoms with E-state index >= 15 is 0 Å². The SMILES string of the molecule is CC1(C)CC(=O)C2=C(C1)N(c1cc([N+](=O)[O-])ccc1Cl)C(N)=C(C#N)C2c1cc(Br)cs1. The second-order valence-electron chi connectivity index (χ2n) is 8.54. The third-order valence-electron chi connectivity index (χ3n) is 5.63. The van der Waals surface area contributed by atoms with Gasteiger partial charge in [-0.15, -0.1) is 11.3 Å². The van der Waals surface area contributed by atoms with Crippen LogP contribution in [0.3, 0.4) is 0 Å². The van der Waals surface area contributed by atoms with Gasteiger partial charge >= 0.3 is 0 Å². The van der Waals surface area contributed by atoms with Crippen LogP contribution in [0.25, 0.3) is 0 Å². The Morgan fingerprint density at radius 3 is 2.69 bits per heavy atom. The summed E-state index contributed by atoms with van der Waals surface area (Å²) in [5, 5.41) is 23.6. The van der Waals surface area contributed by atoms with Gasteiger partial charge in [-0.3, -0.25) is 19.8 Å². The second kappa shape index (κ2) is 8.03. The van der Waals surface area contributed by atoms with Crippen molar-refractivity contribution in [3.8, 4) is 6.07 Å². The molecule has 1 unspecified atom stereocenters. The first-order valence-corrected chi connectivity index (χ1v) is 11.7. The smallest absolute Gasteiger partial charge is 0.271 e. The Balaban J connectivity index is 2.03. The number of rotatable bonds is 3. The quantitative estimate of drug-likeness (QED) is 0.382. The molecule has 10 heteroatoms. The number of carbonyl (C=O) groups excluding carboxylic acids is 1. The van der Waals surface area contributed by atoms with Crippen LogP contribution in [0.2, 0.25) is 5.02 Å². The lowest BCUT2D eigenvalue weighted by atomic mass is 9.69. The predicted molar refractivity (Wildman–Crippen MR) is 127 cm³/mol. The van der Waals surface area contributed by atoms with Gasteiger partial charge in [0.2, 0.25) is 0 Å². The number of nitrogens with zero attached hydrogens (tertiary/aromatic N) is 3. The van der Waals surface area contributed by atoms with Crippen molar-refractivity contribution in [3.63, 3.8) is 0 Å². The Morgan fingerprint density at radius 1 is 1.38 bits per heavy atom. The van der Waals surface area contributed by atoms with Crippen molar-refractivity contribution in [1.29, 1.82) is 5.26 Å². The highest BCUT2D eigenvalue weighted by Crippen LogP contribution is 2.52. The molecule has 2 aromatic rings. The highest BCUT2D eigenvalue weighted by Gasteiger charge is 2.45. The van der Waals surface area contributed by atoms with Gasteiger partial charge in [0.25, 0.3) is 5.69 Å². The molecule has 2 aliphatic rings. The van der Waals surface area contributed by atoms with E-state index in [-0.39, 0.29) is 39.0 Å².